The molecule has 1 aromatic carbocycles. The van der Waals surface area contributed by atoms with Crippen LogP contribution in [0, 0.1) is 11.3 Å². The van der Waals surface area contributed by atoms with E-state index in [-0.39, 0.29) is 5.91 Å². The van der Waals surface area contributed by atoms with Gasteiger partial charge in [0.15, 0.2) is 0 Å². The van der Waals surface area contributed by atoms with Crippen LogP contribution in [0.25, 0.3) is 0 Å². The number of hydrogen-bond donors (Lipinski definition) is 1. The topological polar surface area (TPSA) is 59.4 Å². The highest BCUT2D eigenvalue weighted by Gasteiger charge is 2.18. The smallest absolute Gasteiger partial charge is 0.238 e. The van der Waals surface area contributed by atoms with Gasteiger partial charge in [0.2, 0.25) is 5.91 Å². The van der Waals surface area contributed by atoms with Gasteiger partial charge in [-0.1, -0.05) is 23.7 Å². The quantitative estimate of drug-likeness (QED) is 0.779. The van der Waals surface area contributed by atoms with Gasteiger partial charge in [0.1, 0.15) is 0 Å². The van der Waals surface area contributed by atoms with E-state index in [0.29, 0.717) is 23.7 Å². The Morgan fingerprint density at radius 3 is 2.57 bits per heavy atom. The molecule has 0 aromatic heterocycles. The number of carbonyl (C=O) groups excluding carboxylic acids is 1. The van der Waals surface area contributed by atoms with Gasteiger partial charge < -0.3 is 10.2 Å². The van der Waals surface area contributed by atoms with Crippen LogP contribution in [0.1, 0.15) is 19.3 Å². The van der Waals surface area contributed by atoms with Crippen molar-refractivity contribution in [2.45, 2.75) is 19.3 Å². The van der Waals surface area contributed by atoms with Crippen molar-refractivity contribution in [3.8, 4) is 6.07 Å². The van der Waals surface area contributed by atoms with E-state index in [1.165, 1.54) is 0 Å². The number of nitrogens with zero attached hydrogens (tertiary/aromatic N) is 3. The van der Waals surface area contributed by atoms with Crippen molar-refractivity contribution in [2.75, 3.05) is 44.6 Å². The molecule has 1 saturated heterocycles. The average Bonchev–Trinajstić information content (AvgIpc) is 2.55. The van der Waals surface area contributed by atoms with E-state index in [2.05, 4.69) is 21.2 Å². The minimum atomic E-state index is -0.0272. The number of piperazine rings is 1. The van der Waals surface area contributed by atoms with E-state index in [0.717, 1.165) is 45.6 Å². The fourth-order valence-corrected chi connectivity index (χ4v) is 2.85. The molecule has 0 atom stereocenters. The number of amides is 1. The van der Waals surface area contributed by atoms with Gasteiger partial charge >= 0.3 is 0 Å². The molecule has 0 radical (unpaired) electrons. The Bertz CT molecular complexity index is 550. The summed E-state index contributed by atoms with van der Waals surface area (Å²) in [4.78, 5) is 16.7. The molecular weight excluding hydrogens is 312 g/mol. The molecule has 5 nitrogen and oxygen atoms in total. The molecule has 1 aliphatic heterocycles. The molecule has 1 heterocycles. The molecule has 0 aliphatic carbocycles. The van der Waals surface area contributed by atoms with Crippen LogP contribution >= 0.6 is 11.6 Å². The summed E-state index contributed by atoms with van der Waals surface area (Å²) < 4.78 is 0. The maximum atomic E-state index is 12.1. The zero-order chi connectivity index (χ0) is 16.5. The Morgan fingerprint density at radius 2 is 1.87 bits per heavy atom. The van der Waals surface area contributed by atoms with Gasteiger partial charge in [-0.25, -0.2) is 0 Å². The number of halogens is 1. The molecule has 2 rings (SSSR count). The van der Waals surface area contributed by atoms with Crippen LogP contribution in [0.2, 0.25) is 5.02 Å². The van der Waals surface area contributed by atoms with Gasteiger partial charge in [0, 0.05) is 32.6 Å². The lowest BCUT2D eigenvalue weighted by atomic mass is 10.2. The zero-order valence-electron chi connectivity index (χ0n) is 13.3. The third-order valence-corrected chi connectivity index (χ3v) is 4.32. The highest BCUT2D eigenvalue weighted by molar-refractivity contribution is 6.33. The lowest BCUT2D eigenvalue weighted by Crippen LogP contribution is -2.48. The molecule has 1 aromatic rings. The van der Waals surface area contributed by atoms with Gasteiger partial charge in [-0.2, -0.15) is 5.26 Å². The lowest BCUT2D eigenvalue weighted by Gasteiger charge is -2.34. The molecule has 6 heteroatoms. The van der Waals surface area contributed by atoms with Crippen molar-refractivity contribution >= 4 is 23.2 Å². The van der Waals surface area contributed by atoms with Crippen LogP contribution in [0.15, 0.2) is 24.3 Å². The van der Waals surface area contributed by atoms with E-state index in [1.807, 2.05) is 12.1 Å². The number of nitrogens with one attached hydrogen (secondary N) is 1. The number of unbranched alkanes of at least 4 members (excludes halogenated alkanes) is 2. The van der Waals surface area contributed by atoms with E-state index >= 15 is 0 Å². The first-order valence-electron chi connectivity index (χ1n) is 8.05. The summed E-state index contributed by atoms with van der Waals surface area (Å²) in [5.41, 5.74) is 0.662. The summed E-state index contributed by atoms with van der Waals surface area (Å²) in [6, 6.07) is 9.44. The summed E-state index contributed by atoms with van der Waals surface area (Å²) in [6.07, 6.45) is 2.68. The first kappa shape index (κ1) is 17.7. The number of carbonyl (C=O) groups is 1. The van der Waals surface area contributed by atoms with E-state index in [4.69, 9.17) is 16.9 Å². The third-order valence-electron chi connectivity index (χ3n) is 3.99. The minimum Gasteiger partial charge on any atom is -0.324 e. The number of anilines is 1. The molecule has 0 bridgehead atoms. The first-order chi connectivity index (χ1) is 11.2. The number of nitriles is 1. The maximum Gasteiger partial charge on any atom is 0.238 e. The maximum absolute atomic E-state index is 12.1. The fraction of sp³-hybridized carbons (Fsp3) is 0.529. The predicted molar refractivity (Wildman–Crippen MR) is 92.4 cm³/mol. The van der Waals surface area contributed by atoms with Gasteiger partial charge in [0.25, 0.3) is 0 Å². The summed E-state index contributed by atoms with van der Waals surface area (Å²) in [7, 11) is 0. The van der Waals surface area contributed by atoms with Crippen LogP contribution in [-0.4, -0.2) is 55.0 Å². The Kier molecular flexibility index (Phi) is 7.34. The van der Waals surface area contributed by atoms with Crippen molar-refractivity contribution in [1.82, 2.24) is 9.80 Å². The molecule has 1 fully saturated rings. The molecule has 23 heavy (non-hydrogen) atoms. The average molecular weight is 335 g/mol. The molecule has 1 amide bonds. The van der Waals surface area contributed by atoms with Crippen molar-refractivity contribution in [3.05, 3.63) is 29.3 Å². The minimum absolute atomic E-state index is 0.0272. The van der Waals surface area contributed by atoms with Crippen molar-refractivity contribution in [2.24, 2.45) is 0 Å². The normalized spacial score (nSPS) is 16.0. The molecule has 0 spiro atoms. The molecule has 1 aliphatic rings. The Hall–Kier alpha value is -1.61. The predicted octanol–water partition coefficient (Wildman–Crippen LogP) is 2.59. The van der Waals surface area contributed by atoms with E-state index in [9.17, 15) is 4.79 Å². The molecule has 124 valence electrons. The largest absolute Gasteiger partial charge is 0.324 e. The van der Waals surface area contributed by atoms with Crippen molar-refractivity contribution in [1.29, 1.82) is 5.26 Å². The Balaban J connectivity index is 1.67. The Morgan fingerprint density at radius 1 is 1.17 bits per heavy atom. The first-order valence-corrected chi connectivity index (χ1v) is 8.43. The Labute approximate surface area is 142 Å². The highest BCUT2D eigenvalue weighted by Crippen LogP contribution is 2.20. The highest BCUT2D eigenvalue weighted by atomic mass is 35.5. The second-order valence-corrected chi connectivity index (χ2v) is 6.17. The molecule has 1 N–H and O–H groups in total. The van der Waals surface area contributed by atoms with Crippen LogP contribution in [0.5, 0.6) is 0 Å². The van der Waals surface area contributed by atoms with E-state index in [1.54, 1.807) is 12.1 Å². The standard InChI is InChI=1S/C17H23ClN4O/c18-15-6-2-3-7-16(15)20-17(23)14-22-12-10-21(11-13-22)9-5-1-4-8-19/h2-3,6-7H,1,4-5,9-14H2,(H,20,23). The summed E-state index contributed by atoms with van der Waals surface area (Å²) in [5, 5.41) is 11.9. The SMILES string of the molecule is N#CCCCCN1CCN(CC(=O)Nc2ccccc2Cl)CC1. The van der Waals surface area contributed by atoms with Crippen molar-refractivity contribution < 1.29 is 4.79 Å². The van der Waals surface area contributed by atoms with Crippen LogP contribution in [0.4, 0.5) is 5.69 Å². The van der Waals surface area contributed by atoms with Gasteiger partial charge in [-0.05, 0) is 31.5 Å². The van der Waals surface area contributed by atoms with Gasteiger partial charge in [0.05, 0.1) is 23.3 Å². The van der Waals surface area contributed by atoms with Crippen LogP contribution in [0.3, 0.4) is 0 Å². The van der Waals surface area contributed by atoms with E-state index < -0.39 is 0 Å². The second-order valence-electron chi connectivity index (χ2n) is 5.76. The number of para-hydroxylation sites is 1. The second kappa shape index (κ2) is 9.51. The molecule has 0 saturated carbocycles. The van der Waals surface area contributed by atoms with Crippen molar-refractivity contribution in [3.63, 3.8) is 0 Å². The molecule has 0 unspecified atom stereocenters. The number of hydrogen-bond acceptors (Lipinski definition) is 4. The number of rotatable bonds is 7. The fourth-order valence-electron chi connectivity index (χ4n) is 2.67. The molecular formula is C17H23ClN4O. The summed E-state index contributed by atoms with van der Waals surface area (Å²) >= 11 is 6.05. The number of benzene rings is 1. The van der Waals surface area contributed by atoms with Crippen LogP contribution < -0.4 is 5.32 Å². The summed E-state index contributed by atoms with van der Waals surface area (Å²) in [5.74, 6) is -0.0272. The lowest BCUT2D eigenvalue weighted by molar-refractivity contribution is -0.117. The summed E-state index contributed by atoms with van der Waals surface area (Å²) in [6.45, 7) is 5.19. The van der Waals surface area contributed by atoms with Gasteiger partial charge in [-0.3, -0.25) is 9.69 Å². The zero-order valence-corrected chi connectivity index (χ0v) is 14.1. The van der Waals surface area contributed by atoms with Gasteiger partial charge in [-0.15, -0.1) is 0 Å². The third kappa shape index (κ3) is 6.19. The van der Waals surface area contributed by atoms with Crippen LogP contribution in [-0.2, 0) is 4.79 Å². The monoisotopic (exact) mass is 334 g/mol.